The van der Waals surface area contributed by atoms with Crippen molar-refractivity contribution in [3.05, 3.63) is 237 Å². The lowest BCUT2D eigenvalue weighted by molar-refractivity contribution is 1.08. The summed E-state index contributed by atoms with van der Waals surface area (Å²) in [6.07, 6.45) is 0. The van der Waals surface area contributed by atoms with E-state index in [1.54, 1.807) is 0 Å². The van der Waals surface area contributed by atoms with Crippen molar-refractivity contribution in [3.8, 4) is 67.3 Å². The molecule has 0 unspecified atom stereocenters. The van der Waals surface area contributed by atoms with Crippen LogP contribution in [0.3, 0.4) is 0 Å². The van der Waals surface area contributed by atoms with Gasteiger partial charge >= 0.3 is 0 Å². The van der Waals surface area contributed by atoms with Crippen LogP contribution in [0, 0.1) is 0 Å². The minimum absolute atomic E-state index is 0.863. The number of hydrogen-bond donors (Lipinski definition) is 0. The highest BCUT2D eigenvalue weighted by molar-refractivity contribution is 6.28. The van der Waals surface area contributed by atoms with E-state index < -0.39 is 0 Å². The van der Waals surface area contributed by atoms with E-state index in [-0.39, 0.29) is 0 Å². The molecule has 12 rings (SSSR count). The molecule has 0 amide bonds. The van der Waals surface area contributed by atoms with E-state index in [2.05, 4.69) is 246 Å². The second kappa shape index (κ2) is 14.8. The van der Waals surface area contributed by atoms with Crippen LogP contribution in [0.4, 0.5) is 0 Å². The number of aromatic nitrogens is 3. The van der Waals surface area contributed by atoms with Gasteiger partial charge in [0.1, 0.15) is 5.82 Å². The molecule has 62 heavy (non-hydrogen) atoms. The number of rotatable bonds is 7. The van der Waals surface area contributed by atoms with Crippen LogP contribution in [0.1, 0.15) is 0 Å². The van der Waals surface area contributed by atoms with Gasteiger partial charge in [-0.1, -0.05) is 194 Å². The van der Waals surface area contributed by atoms with Crippen LogP contribution < -0.4 is 0 Å². The molecule has 0 bridgehead atoms. The summed E-state index contributed by atoms with van der Waals surface area (Å²) in [5.74, 6) is 0.863. The first kappa shape index (κ1) is 35.7. The van der Waals surface area contributed by atoms with Crippen molar-refractivity contribution < 1.29 is 0 Å². The van der Waals surface area contributed by atoms with Gasteiger partial charge in [0.25, 0.3) is 0 Å². The fraction of sp³-hybridized carbons (Fsp3) is 0. The Bertz CT molecular complexity index is 3570. The summed E-state index contributed by atoms with van der Waals surface area (Å²) in [6.45, 7) is 0. The van der Waals surface area contributed by atoms with Crippen LogP contribution >= 0.6 is 0 Å². The van der Waals surface area contributed by atoms with Crippen LogP contribution in [0.5, 0.6) is 0 Å². The molecule has 0 N–H and O–H groups in total. The standard InChI is InChI=1S/C59H39N3/c1-5-17-40(18-6-1)42-29-31-44(32-30-42)47-37-53(46-23-11-4-12-24-46)60-56(38-47)62-55-28-16-14-26-50(55)57-51(45-21-9-3-10-22-45)39-52-49-25-13-15-27-54(49)61(58(52)59(57)62)48-35-33-43(34-36-48)41-19-7-2-8-20-41/h1-39H. The molecule has 3 heteroatoms. The third-order valence-electron chi connectivity index (χ3n) is 12.3. The molecular formula is C59H39N3. The van der Waals surface area contributed by atoms with Crippen LogP contribution in [0.2, 0.25) is 0 Å². The molecular weight excluding hydrogens is 751 g/mol. The summed E-state index contributed by atoms with van der Waals surface area (Å²) in [5, 5.41) is 4.78. The molecule has 0 fully saturated rings. The summed E-state index contributed by atoms with van der Waals surface area (Å²) in [4.78, 5) is 5.60. The van der Waals surface area contributed by atoms with Crippen molar-refractivity contribution in [3.63, 3.8) is 0 Å². The van der Waals surface area contributed by atoms with Gasteiger partial charge in [0.05, 0.1) is 27.8 Å². The lowest BCUT2D eigenvalue weighted by Gasteiger charge is -2.16. The first-order valence-corrected chi connectivity index (χ1v) is 21.2. The molecule has 0 saturated carbocycles. The highest BCUT2D eigenvalue weighted by Gasteiger charge is 2.25. The maximum atomic E-state index is 5.60. The van der Waals surface area contributed by atoms with Gasteiger partial charge in [0, 0.05) is 32.8 Å². The summed E-state index contributed by atoms with van der Waals surface area (Å²) in [7, 11) is 0. The third kappa shape index (κ3) is 5.94. The number of para-hydroxylation sites is 2. The second-order valence-corrected chi connectivity index (χ2v) is 15.9. The molecule has 12 aromatic rings. The molecule has 0 aliphatic carbocycles. The fourth-order valence-electron chi connectivity index (χ4n) is 9.42. The molecule has 290 valence electrons. The summed E-state index contributed by atoms with van der Waals surface area (Å²) < 4.78 is 4.90. The van der Waals surface area contributed by atoms with E-state index in [1.807, 2.05) is 0 Å². The van der Waals surface area contributed by atoms with Gasteiger partial charge in [-0.2, -0.15) is 0 Å². The zero-order valence-electron chi connectivity index (χ0n) is 33.9. The highest BCUT2D eigenvalue weighted by Crippen LogP contribution is 2.46. The topological polar surface area (TPSA) is 22.8 Å². The summed E-state index contributed by atoms with van der Waals surface area (Å²) in [6, 6.07) is 85.2. The monoisotopic (exact) mass is 789 g/mol. The Morgan fingerprint density at radius 3 is 1.34 bits per heavy atom. The number of nitrogens with zero attached hydrogens (tertiary/aromatic N) is 3. The van der Waals surface area contributed by atoms with Gasteiger partial charge in [0.2, 0.25) is 0 Å². The average Bonchev–Trinajstić information content (AvgIpc) is 3.88. The first-order valence-electron chi connectivity index (χ1n) is 21.2. The van der Waals surface area contributed by atoms with E-state index in [0.717, 1.165) is 56.0 Å². The molecule has 0 spiro atoms. The average molecular weight is 790 g/mol. The van der Waals surface area contributed by atoms with E-state index in [4.69, 9.17) is 4.98 Å². The Kier molecular flexibility index (Phi) is 8.50. The van der Waals surface area contributed by atoms with E-state index in [1.165, 1.54) is 54.9 Å². The molecule has 0 aliphatic heterocycles. The van der Waals surface area contributed by atoms with Gasteiger partial charge in [-0.05, 0) is 87.0 Å². The zero-order chi connectivity index (χ0) is 41.0. The lowest BCUT2D eigenvalue weighted by atomic mass is 9.96. The van der Waals surface area contributed by atoms with Crippen LogP contribution in [-0.2, 0) is 0 Å². The van der Waals surface area contributed by atoms with Crippen molar-refractivity contribution in [2.24, 2.45) is 0 Å². The molecule has 9 aromatic carbocycles. The van der Waals surface area contributed by atoms with Crippen LogP contribution in [0.15, 0.2) is 237 Å². The zero-order valence-corrected chi connectivity index (χ0v) is 33.9. The number of pyridine rings is 1. The highest BCUT2D eigenvalue weighted by atomic mass is 15.1. The van der Waals surface area contributed by atoms with Crippen molar-refractivity contribution in [2.45, 2.75) is 0 Å². The smallest absolute Gasteiger partial charge is 0.138 e. The minimum atomic E-state index is 0.863. The Morgan fingerprint density at radius 1 is 0.290 bits per heavy atom. The molecule has 3 aromatic heterocycles. The van der Waals surface area contributed by atoms with Crippen molar-refractivity contribution in [1.29, 1.82) is 0 Å². The largest absolute Gasteiger partial charge is 0.307 e. The van der Waals surface area contributed by atoms with Gasteiger partial charge in [-0.3, -0.25) is 4.57 Å². The van der Waals surface area contributed by atoms with E-state index in [9.17, 15) is 0 Å². The molecule has 3 nitrogen and oxygen atoms in total. The normalized spacial score (nSPS) is 11.5. The fourth-order valence-corrected chi connectivity index (χ4v) is 9.42. The van der Waals surface area contributed by atoms with Crippen molar-refractivity contribution in [2.75, 3.05) is 0 Å². The van der Waals surface area contributed by atoms with Crippen LogP contribution in [0.25, 0.3) is 111 Å². The Morgan fingerprint density at radius 2 is 0.742 bits per heavy atom. The van der Waals surface area contributed by atoms with E-state index in [0.29, 0.717) is 0 Å². The Balaban J connectivity index is 1.20. The van der Waals surface area contributed by atoms with Crippen molar-refractivity contribution >= 4 is 43.6 Å². The Hall–Kier alpha value is -8.27. The number of fused-ring (bicyclic) bond motifs is 7. The molecule has 0 aliphatic rings. The molecule has 0 atom stereocenters. The summed E-state index contributed by atoms with van der Waals surface area (Å²) in [5.41, 5.74) is 17.0. The lowest BCUT2D eigenvalue weighted by Crippen LogP contribution is -2.02. The molecule has 0 saturated heterocycles. The SMILES string of the molecule is c1ccc(-c2ccc(-c3cc(-c4ccccc4)nc(-n4c5ccccc5c5c(-c6ccccc6)cc6c7ccccc7n(-c7ccc(-c8ccccc8)cc7)c6c54)c3)cc2)cc1. The minimum Gasteiger partial charge on any atom is -0.307 e. The second-order valence-electron chi connectivity index (χ2n) is 15.9. The Labute approximate surface area is 360 Å². The molecule has 3 heterocycles. The maximum Gasteiger partial charge on any atom is 0.138 e. The van der Waals surface area contributed by atoms with Gasteiger partial charge in [-0.25, -0.2) is 4.98 Å². The van der Waals surface area contributed by atoms with Gasteiger partial charge in [0.15, 0.2) is 0 Å². The first-order chi connectivity index (χ1) is 30.8. The van der Waals surface area contributed by atoms with Gasteiger partial charge in [-0.15, -0.1) is 0 Å². The number of benzene rings is 9. The third-order valence-corrected chi connectivity index (χ3v) is 12.3. The predicted octanol–water partition coefficient (Wildman–Crippen LogP) is 15.6. The summed E-state index contributed by atoms with van der Waals surface area (Å²) >= 11 is 0. The number of hydrogen-bond acceptors (Lipinski definition) is 1. The molecule has 0 radical (unpaired) electrons. The van der Waals surface area contributed by atoms with E-state index >= 15 is 0 Å². The maximum absolute atomic E-state index is 5.60. The predicted molar refractivity (Wildman–Crippen MR) is 260 cm³/mol. The quantitative estimate of drug-likeness (QED) is 0.158. The van der Waals surface area contributed by atoms with Crippen molar-refractivity contribution in [1.82, 2.24) is 14.1 Å². The van der Waals surface area contributed by atoms with Crippen LogP contribution in [-0.4, -0.2) is 14.1 Å². The van der Waals surface area contributed by atoms with Gasteiger partial charge < -0.3 is 4.57 Å².